The van der Waals surface area contributed by atoms with Crippen molar-refractivity contribution in [2.24, 2.45) is 17.8 Å². The summed E-state index contributed by atoms with van der Waals surface area (Å²) in [7, 11) is 0. The summed E-state index contributed by atoms with van der Waals surface area (Å²) in [5, 5.41) is 14.1. The van der Waals surface area contributed by atoms with Gasteiger partial charge in [-0.3, -0.25) is 15.0 Å². The molecule has 5 aliphatic heterocycles. The number of urea groups is 1. The van der Waals surface area contributed by atoms with Gasteiger partial charge < -0.3 is 30.5 Å². The lowest BCUT2D eigenvalue weighted by atomic mass is 9.72. The summed E-state index contributed by atoms with van der Waals surface area (Å²) in [6, 6.07) is -1.38. The van der Waals surface area contributed by atoms with Gasteiger partial charge >= 0.3 is 6.03 Å². The average Bonchev–Trinajstić information content (AvgIpc) is 2.98. The predicted octanol–water partition coefficient (Wildman–Crippen LogP) is 1.58. The van der Waals surface area contributed by atoms with E-state index in [0.717, 1.165) is 25.8 Å². The van der Waals surface area contributed by atoms with E-state index in [1.54, 1.807) is 4.90 Å². The van der Waals surface area contributed by atoms with Crippen molar-refractivity contribution in [3.8, 4) is 0 Å². The van der Waals surface area contributed by atoms with E-state index in [4.69, 9.17) is 4.74 Å². The maximum absolute atomic E-state index is 16.5. The Hall–Kier alpha value is -1.86. The largest absolute Gasteiger partial charge is 0.375 e. The average molecular weight is 608 g/mol. The third-order valence-electron chi connectivity index (χ3n) is 11.1. The second kappa shape index (κ2) is 12.9. The Balaban J connectivity index is 1.37. The molecule has 0 spiro atoms. The summed E-state index contributed by atoms with van der Waals surface area (Å²) < 4.78 is 38.8. The minimum Gasteiger partial charge on any atom is -0.375 e. The van der Waals surface area contributed by atoms with Gasteiger partial charge in [0.25, 0.3) is 0 Å². The van der Waals surface area contributed by atoms with Gasteiger partial charge in [-0.05, 0) is 57.6 Å². The lowest BCUT2D eigenvalue weighted by Crippen LogP contribution is -2.80. The Morgan fingerprint density at radius 3 is 2.65 bits per heavy atom. The van der Waals surface area contributed by atoms with Crippen LogP contribution in [0.15, 0.2) is 12.7 Å². The lowest BCUT2D eigenvalue weighted by Gasteiger charge is -2.60. The zero-order chi connectivity index (χ0) is 30.4. The van der Waals surface area contributed by atoms with E-state index < -0.39 is 36.6 Å². The highest BCUT2D eigenvalue weighted by molar-refractivity contribution is 5.87. The van der Waals surface area contributed by atoms with Crippen molar-refractivity contribution in [1.29, 1.82) is 0 Å². The van der Waals surface area contributed by atoms with Crippen LogP contribution >= 0.6 is 0 Å². The van der Waals surface area contributed by atoms with E-state index in [0.29, 0.717) is 39.2 Å². The predicted molar refractivity (Wildman–Crippen MR) is 160 cm³/mol. The normalized spacial score (nSPS) is 44.4. The van der Waals surface area contributed by atoms with Crippen LogP contribution in [0, 0.1) is 17.8 Å². The quantitative estimate of drug-likeness (QED) is 0.362. The Labute approximate surface area is 254 Å². The van der Waals surface area contributed by atoms with Crippen molar-refractivity contribution in [1.82, 2.24) is 36.0 Å². The van der Waals surface area contributed by atoms with Crippen LogP contribution in [0.2, 0.25) is 0 Å². The molecule has 5 saturated heterocycles. The Morgan fingerprint density at radius 2 is 1.91 bits per heavy atom. The molecule has 0 aromatic carbocycles. The molecule has 3 amide bonds. The van der Waals surface area contributed by atoms with E-state index in [1.807, 2.05) is 11.8 Å². The number of nitrogens with zero attached hydrogens (tertiary/aromatic N) is 3. The monoisotopic (exact) mass is 607 g/mol. The van der Waals surface area contributed by atoms with Gasteiger partial charge in [-0.2, -0.15) is 0 Å². The SMILES string of the molecule is C=CC(=O)N1CCN(C2NC(=O)N3C4NC(C(F)CC42)C2C(F)CCCC2NCCOC2CCNC(C(C)C)C23)[C@@H](C)C1. The highest BCUT2D eigenvalue weighted by atomic mass is 19.1. The van der Waals surface area contributed by atoms with E-state index in [-0.39, 0.29) is 60.5 Å². The maximum atomic E-state index is 16.5. The summed E-state index contributed by atoms with van der Waals surface area (Å²) in [6.45, 7) is 13.4. The van der Waals surface area contributed by atoms with E-state index in [9.17, 15) is 9.59 Å². The van der Waals surface area contributed by atoms with E-state index in [2.05, 4.69) is 46.6 Å². The number of fused-ring (bicyclic) bond motifs is 5. The molecule has 5 heterocycles. The van der Waals surface area contributed by atoms with Gasteiger partial charge in [0.1, 0.15) is 12.3 Å². The minimum atomic E-state index is -1.26. The molecule has 4 N–H and O–H groups in total. The third-order valence-corrected chi connectivity index (χ3v) is 11.1. The van der Waals surface area contributed by atoms with Gasteiger partial charge in [-0.15, -0.1) is 0 Å². The molecule has 43 heavy (non-hydrogen) atoms. The molecule has 0 aromatic heterocycles. The number of piperidine rings is 2. The van der Waals surface area contributed by atoms with Crippen molar-refractivity contribution in [2.75, 3.05) is 39.3 Å². The van der Waals surface area contributed by atoms with Crippen LogP contribution in [0.3, 0.4) is 0 Å². The lowest BCUT2D eigenvalue weighted by molar-refractivity contribution is -0.134. The van der Waals surface area contributed by atoms with Gasteiger partial charge in [0.2, 0.25) is 5.91 Å². The maximum Gasteiger partial charge on any atom is 0.320 e. The number of halogens is 2. The molecule has 1 saturated carbocycles. The van der Waals surface area contributed by atoms with Crippen LogP contribution < -0.4 is 21.3 Å². The zero-order valence-corrected chi connectivity index (χ0v) is 25.9. The summed E-state index contributed by atoms with van der Waals surface area (Å²) in [4.78, 5) is 32.6. The second-order valence-corrected chi connectivity index (χ2v) is 13.9. The van der Waals surface area contributed by atoms with Crippen LogP contribution in [-0.4, -0.2) is 127 Å². The number of hydrogen-bond acceptors (Lipinski definition) is 7. The molecule has 0 radical (unpaired) electrons. The first-order valence-electron chi connectivity index (χ1n) is 16.6. The van der Waals surface area contributed by atoms with Crippen LogP contribution in [0.1, 0.15) is 52.9 Å². The van der Waals surface area contributed by atoms with Crippen molar-refractivity contribution in [2.45, 2.75) is 114 Å². The Morgan fingerprint density at radius 1 is 1.09 bits per heavy atom. The number of rotatable bonds is 3. The number of ether oxygens (including phenoxy) is 1. The van der Waals surface area contributed by atoms with Gasteiger partial charge in [0, 0.05) is 62.2 Å². The molecule has 2 bridgehead atoms. The van der Waals surface area contributed by atoms with Gasteiger partial charge in [-0.25, -0.2) is 13.6 Å². The number of carbonyl (C=O) groups excluding carboxylic acids is 2. The number of hydrogen-bond donors (Lipinski definition) is 4. The molecule has 12 heteroatoms. The highest BCUT2D eigenvalue weighted by Gasteiger charge is 2.57. The first-order valence-corrected chi connectivity index (χ1v) is 16.6. The zero-order valence-electron chi connectivity index (χ0n) is 25.9. The van der Waals surface area contributed by atoms with Crippen LogP contribution in [0.25, 0.3) is 0 Å². The van der Waals surface area contributed by atoms with E-state index >= 15 is 8.78 Å². The fourth-order valence-corrected chi connectivity index (χ4v) is 9.12. The number of amides is 3. The molecule has 6 rings (SSSR count). The summed E-state index contributed by atoms with van der Waals surface area (Å²) in [5.41, 5.74) is 0. The minimum absolute atomic E-state index is 0.00955. The molecule has 6 fully saturated rings. The van der Waals surface area contributed by atoms with Crippen molar-refractivity contribution in [3.63, 3.8) is 0 Å². The van der Waals surface area contributed by atoms with Crippen molar-refractivity contribution in [3.05, 3.63) is 12.7 Å². The van der Waals surface area contributed by atoms with Crippen LogP contribution in [0.4, 0.5) is 13.6 Å². The third kappa shape index (κ3) is 5.82. The molecule has 11 unspecified atom stereocenters. The molecule has 242 valence electrons. The van der Waals surface area contributed by atoms with Gasteiger partial charge in [0.15, 0.2) is 0 Å². The highest BCUT2D eigenvalue weighted by Crippen LogP contribution is 2.42. The number of nitrogens with one attached hydrogen (secondary N) is 4. The first kappa shape index (κ1) is 31.1. The van der Waals surface area contributed by atoms with Crippen molar-refractivity contribution >= 4 is 11.9 Å². The van der Waals surface area contributed by atoms with E-state index in [1.165, 1.54) is 6.08 Å². The Kier molecular flexibility index (Phi) is 9.31. The molecule has 6 aliphatic rings. The smallest absolute Gasteiger partial charge is 0.320 e. The first-order chi connectivity index (χ1) is 20.7. The summed E-state index contributed by atoms with van der Waals surface area (Å²) in [6.07, 6.45) is 0.864. The standard InChI is InChI=1S/C31H51F2N7O3/c1-5-24(41)38-12-13-39(18(4)16-38)29-19-15-21(33)27-25-20(32)7-6-8-22(25)34-11-14-43-23-9-10-35-26(17(2)3)28(23)40(30(19)36-27)31(42)37-29/h5,17-23,25-30,34-36H,1,6-16H2,2-4H3,(H,37,42)/t18-,19?,20?,21?,22?,23?,25?,26?,27?,28?,29?,30?/m0/s1. The van der Waals surface area contributed by atoms with Crippen LogP contribution in [-0.2, 0) is 9.53 Å². The number of alkyl halides is 2. The van der Waals surface area contributed by atoms with Gasteiger partial charge in [0.05, 0.1) is 31.1 Å². The molecule has 0 aromatic rings. The van der Waals surface area contributed by atoms with Crippen molar-refractivity contribution < 1.29 is 23.1 Å². The fraction of sp³-hybridized carbons (Fsp3) is 0.871. The molecule has 10 nitrogen and oxygen atoms in total. The van der Waals surface area contributed by atoms with Gasteiger partial charge in [-0.1, -0.05) is 20.4 Å². The number of carbonyl (C=O) groups is 2. The molecule has 12 atom stereocenters. The summed E-state index contributed by atoms with van der Waals surface area (Å²) in [5.74, 6) is -0.682. The fourth-order valence-electron chi connectivity index (χ4n) is 9.12. The molecular formula is C31H51F2N7O3. The second-order valence-electron chi connectivity index (χ2n) is 13.9. The molecule has 1 aliphatic carbocycles. The topological polar surface area (TPSA) is 101 Å². The van der Waals surface area contributed by atoms with Crippen LogP contribution in [0.5, 0.6) is 0 Å². The number of piperazine rings is 1. The summed E-state index contributed by atoms with van der Waals surface area (Å²) >= 11 is 0. The Bertz CT molecular complexity index is 1040. The molecular weight excluding hydrogens is 556 g/mol.